The molecule has 2 N–H and O–H groups in total. The highest BCUT2D eigenvalue weighted by Crippen LogP contribution is 2.25. The van der Waals surface area contributed by atoms with Gasteiger partial charge >= 0.3 is 0 Å². The first-order valence-corrected chi connectivity index (χ1v) is 8.10. The maximum atomic E-state index is 4.67. The van der Waals surface area contributed by atoms with E-state index >= 15 is 0 Å². The molecule has 0 aromatic carbocycles. The Morgan fingerprint density at radius 3 is 2.55 bits per heavy atom. The number of hydrogen-bond acceptors (Lipinski definition) is 3. The van der Waals surface area contributed by atoms with Gasteiger partial charge in [0.1, 0.15) is 0 Å². The number of hydrogen-bond donors (Lipinski definition) is 2. The third kappa shape index (κ3) is 5.90. The van der Waals surface area contributed by atoms with Crippen molar-refractivity contribution in [1.82, 2.24) is 15.6 Å². The van der Waals surface area contributed by atoms with Gasteiger partial charge in [-0.1, -0.05) is 34.6 Å². The van der Waals surface area contributed by atoms with Gasteiger partial charge in [0.2, 0.25) is 0 Å². The van der Waals surface area contributed by atoms with E-state index in [1.165, 1.54) is 5.01 Å². The topological polar surface area (TPSA) is 49.3 Å². The summed E-state index contributed by atoms with van der Waals surface area (Å²) in [4.78, 5) is 8.90. The van der Waals surface area contributed by atoms with Crippen LogP contribution >= 0.6 is 11.3 Å². The van der Waals surface area contributed by atoms with Crippen LogP contribution in [0, 0.1) is 5.92 Å². The van der Waals surface area contributed by atoms with Crippen molar-refractivity contribution >= 4 is 17.3 Å². The Bertz CT molecular complexity index is 429. The van der Waals surface area contributed by atoms with E-state index in [9.17, 15) is 0 Å². The fourth-order valence-electron chi connectivity index (χ4n) is 1.61. The molecule has 0 saturated carbocycles. The molecule has 0 aliphatic rings. The van der Waals surface area contributed by atoms with Crippen LogP contribution in [-0.4, -0.2) is 24.5 Å². The van der Waals surface area contributed by atoms with Crippen molar-refractivity contribution < 1.29 is 0 Å². The molecule has 1 aromatic heterocycles. The minimum atomic E-state index is 0.125. The van der Waals surface area contributed by atoms with E-state index in [2.05, 4.69) is 60.6 Å². The maximum Gasteiger partial charge on any atom is 0.191 e. The lowest BCUT2D eigenvalue weighted by Crippen LogP contribution is -2.37. The highest BCUT2D eigenvalue weighted by atomic mass is 32.1. The summed E-state index contributed by atoms with van der Waals surface area (Å²) in [5.41, 5.74) is 1.20. The smallest absolute Gasteiger partial charge is 0.191 e. The van der Waals surface area contributed by atoms with Gasteiger partial charge in [-0.15, -0.1) is 11.3 Å². The van der Waals surface area contributed by atoms with Crippen LogP contribution in [0.2, 0.25) is 0 Å². The SMILES string of the molecule is CN=C(NCCC(C)C)NCc1csc(C(C)(C)C)n1. The lowest BCUT2D eigenvalue weighted by atomic mass is 9.98. The second-order valence-corrected chi connectivity index (χ2v) is 7.29. The van der Waals surface area contributed by atoms with Gasteiger partial charge < -0.3 is 10.6 Å². The number of guanidine groups is 1. The zero-order valence-electron chi connectivity index (χ0n) is 13.6. The fourth-order valence-corrected chi connectivity index (χ4v) is 2.51. The first-order valence-electron chi connectivity index (χ1n) is 7.22. The Labute approximate surface area is 127 Å². The Hall–Kier alpha value is -1.10. The predicted molar refractivity (Wildman–Crippen MR) is 88.5 cm³/mol. The standard InChI is InChI=1S/C15H28N4S/c1-11(2)7-8-17-14(16-6)18-9-12-10-20-13(19-12)15(3,4)5/h10-11H,7-9H2,1-6H3,(H2,16,17,18). The van der Waals surface area contributed by atoms with Gasteiger partial charge in [0.15, 0.2) is 5.96 Å². The zero-order chi connectivity index (χ0) is 15.2. The van der Waals surface area contributed by atoms with Crippen LogP contribution in [0.3, 0.4) is 0 Å². The van der Waals surface area contributed by atoms with Gasteiger partial charge in [0, 0.05) is 24.4 Å². The number of rotatable bonds is 5. The summed E-state index contributed by atoms with van der Waals surface area (Å²) in [6, 6.07) is 0. The highest BCUT2D eigenvalue weighted by molar-refractivity contribution is 7.09. The molecule has 0 amide bonds. The molecule has 1 aromatic rings. The number of nitrogens with zero attached hydrogens (tertiary/aromatic N) is 2. The van der Waals surface area contributed by atoms with Crippen molar-refractivity contribution in [1.29, 1.82) is 0 Å². The fraction of sp³-hybridized carbons (Fsp3) is 0.733. The van der Waals surface area contributed by atoms with Gasteiger partial charge in [-0.05, 0) is 12.3 Å². The number of thiazole rings is 1. The molecule has 0 spiro atoms. The molecule has 0 unspecified atom stereocenters. The van der Waals surface area contributed by atoms with Gasteiger partial charge in [0.05, 0.1) is 17.2 Å². The van der Waals surface area contributed by atoms with Crippen molar-refractivity contribution in [2.24, 2.45) is 10.9 Å². The van der Waals surface area contributed by atoms with Crippen molar-refractivity contribution in [2.75, 3.05) is 13.6 Å². The monoisotopic (exact) mass is 296 g/mol. The van der Waals surface area contributed by atoms with Crippen molar-refractivity contribution in [3.8, 4) is 0 Å². The normalized spacial score (nSPS) is 12.8. The molecule has 114 valence electrons. The quantitative estimate of drug-likeness (QED) is 0.648. The lowest BCUT2D eigenvalue weighted by molar-refractivity contribution is 0.572. The van der Waals surface area contributed by atoms with Gasteiger partial charge in [-0.2, -0.15) is 0 Å². The van der Waals surface area contributed by atoms with Gasteiger partial charge in [-0.25, -0.2) is 4.98 Å². The molecule has 0 bridgehead atoms. The summed E-state index contributed by atoms with van der Waals surface area (Å²) in [6.07, 6.45) is 1.14. The third-order valence-electron chi connectivity index (χ3n) is 2.87. The van der Waals surface area contributed by atoms with Crippen LogP contribution in [0.25, 0.3) is 0 Å². The number of aromatic nitrogens is 1. The van der Waals surface area contributed by atoms with Crippen molar-refractivity contribution in [3.63, 3.8) is 0 Å². The Balaban J connectivity index is 2.43. The summed E-state index contributed by atoms with van der Waals surface area (Å²) in [5, 5.41) is 9.93. The molecule has 0 aliphatic heterocycles. The lowest BCUT2D eigenvalue weighted by Gasteiger charge is -2.14. The van der Waals surface area contributed by atoms with E-state index in [-0.39, 0.29) is 5.41 Å². The molecule has 0 aliphatic carbocycles. The predicted octanol–water partition coefficient (Wildman–Crippen LogP) is 3.15. The molecule has 1 heterocycles. The molecular weight excluding hydrogens is 268 g/mol. The Morgan fingerprint density at radius 2 is 2.05 bits per heavy atom. The van der Waals surface area contributed by atoms with E-state index in [1.807, 2.05) is 0 Å². The molecule has 5 heteroatoms. The second-order valence-electron chi connectivity index (χ2n) is 6.43. The average molecular weight is 296 g/mol. The van der Waals surface area contributed by atoms with E-state index < -0.39 is 0 Å². The second kappa shape index (κ2) is 7.62. The van der Waals surface area contributed by atoms with E-state index in [0.29, 0.717) is 12.5 Å². The van der Waals surface area contributed by atoms with Crippen LogP contribution in [0.5, 0.6) is 0 Å². The third-order valence-corrected chi connectivity index (χ3v) is 4.18. The first-order chi connectivity index (χ1) is 9.32. The summed E-state index contributed by atoms with van der Waals surface area (Å²) in [5.74, 6) is 1.55. The van der Waals surface area contributed by atoms with E-state index in [1.54, 1.807) is 18.4 Å². The zero-order valence-corrected chi connectivity index (χ0v) is 14.4. The molecule has 0 fully saturated rings. The molecular formula is C15H28N4S. The molecule has 0 atom stereocenters. The molecule has 1 rings (SSSR count). The summed E-state index contributed by atoms with van der Waals surface area (Å²) < 4.78 is 0. The molecule has 4 nitrogen and oxygen atoms in total. The van der Waals surface area contributed by atoms with Gasteiger partial charge in [-0.3, -0.25) is 4.99 Å². The van der Waals surface area contributed by atoms with Crippen LogP contribution in [-0.2, 0) is 12.0 Å². The first kappa shape index (κ1) is 17.0. The molecule has 0 radical (unpaired) electrons. The highest BCUT2D eigenvalue weighted by Gasteiger charge is 2.17. The van der Waals surface area contributed by atoms with Crippen molar-refractivity contribution in [3.05, 3.63) is 16.1 Å². The Morgan fingerprint density at radius 1 is 1.35 bits per heavy atom. The maximum absolute atomic E-state index is 4.67. The van der Waals surface area contributed by atoms with Crippen LogP contribution in [0.4, 0.5) is 0 Å². The van der Waals surface area contributed by atoms with Gasteiger partial charge in [0.25, 0.3) is 0 Å². The number of nitrogens with one attached hydrogen (secondary N) is 2. The average Bonchev–Trinajstić information content (AvgIpc) is 2.81. The minimum Gasteiger partial charge on any atom is -0.356 e. The number of aliphatic imine (C=N–C) groups is 1. The van der Waals surface area contributed by atoms with Crippen LogP contribution in [0.15, 0.2) is 10.4 Å². The summed E-state index contributed by atoms with van der Waals surface area (Å²) >= 11 is 1.73. The van der Waals surface area contributed by atoms with Crippen LogP contribution < -0.4 is 10.6 Å². The van der Waals surface area contributed by atoms with Crippen molar-refractivity contribution in [2.45, 2.75) is 53.0 Å². The largest absolute Gasteiger partial charge is 0.356 e. The summed E-state index contributed by atoms with van der Waals surface area (Å²) in [6.45, 7) is 12.7. The van der Waals surface area contributed by atoms with E-state index in [0.717, 1.165) is 24.6 Å². The summed E-state index contributed by atoms with van der Waals surface area (Å²) in [7, 11) is 1.80. The Kier molecular flexibility index (Phi) is 6.46. The molecule has 0 saturated heterocycles. The minimum absolute atomic E-state index is 0.125. The molecule has 20 heavy (non-hydrogen) atoms. The van der Waals surface area contributed by atoms with E-state index in [4.69, 9.17) is 0 Å². The van der Waals surface area contributed by atoms with Crippen LogP contribution in [0.1, 0.15) is 51.7 Å².